The maximum absolute atomic E-state index is 5.56. The zero-order valence-electron chi connectivity index (χ0n) is 19.0. The highest BCUT2D eigenvalue weighted by Crippen LogP contribution is 2.32. The van der Waals surface area contributed by atoms with Gasteiger partial charge in [0.05, 0.1) is 33.5 Å². The molecule has 2 heterocycles. The first-order valence-corrected chi connectivity index (χ1v) is 10.6. The summed E-state index contributed by atoms with van der Waals surface area (Å²) in [6.45, 7) is 4.70. The molecule has 1 aliphatic rings. The van der Waals surface area contributed by atoms with Crippen molar-refractivity contribution in [1.29, 1.82) is 0 Å². The predicted octanol–water partition coefficient (Wildman–Crippen LogP) is 2.50. The minimum absolute atomic E-state index is 0. The van der Waals surface area contributed by atoms with Crippen molar-refractivity contribution >= 4 is 29.9 Å². The zero-order valence-corrected chi connectivity index (χ0v) is 21.4. The van der Waals surface area contributed by atoms with Crippen LogP contribution >= 0.6 is 24.0 Å². The van der Waals surface area contributed by atoms with Crippen LogP contribution < -0.4 is 20.1 Å². The second-order valence-electron chi connectivity index (χ2n) is 7.23. The molecule has 0 spiro atoms. The molecule has 2 N–H and O–H groups in total. The Balaban J connectivity index is 0.00000363. The van der Waals surface area contributed by atoms with Gasteiger partial charge in [0.2, 0.25) is 0 Å². The van der Waals surface area contributed by atoms with Crippen LogP contribution in [-0.2, 0) is 11.2 Å². The fraction of sp³-hybridized carbons (Fsp3) is 0.478. The van der Waals surface area contributed by atoms with Gasteiger partial charge in [0, 0.05) is 51.5 Å². The lowest BCUT2D eigenvalue weighted by molar-refractivity contribution is 0.0169. The Morgan fingerprint density at radius 1 is 1.12 bits per heavy atom. The predicted molar refractivity (Wildman–Crippen MR) is 137 cm³/mol. The SMILES string of the molecule is CN=C(NCCc1ccccn1)NCC(c1ccc(OC)c(OC)c1)N1CCOCC1.I. The number of aromatic nitrogens is 1. The number of rotatable bonds is 9. The molecular formula is C23H34IN5O3. The molecule has 0 radical (unpaired) electrons. The van der Waals surface area contributed by atoms with E-state index in [0.717, 1.165) is 68.0 Å². The largest absolute Gasteiger partial charge is 0.493 e. The van der Waals surface area contributed by atoms with Crippen molar-refractivity contribution in [2.45, 2.75) is 12.5 Å². The maximum atomic E-state index is 5.56. The summed E-state index contributed by atoms with van der Waals surface area (Å²) < 4.78 is 16.5. The Bertz CT molecular complexity index is 832. The van der Waals surface area contributed by atoms with Crippen molar-refractivity contribution in [3.8, 4) is 11.5 Å². The van der Waals surface area contributed by atoms with Crippen LogP contribution in [-0.4, -0.2) is 76.5 Å². The average molecular weight is 555 g/mol. The first kappa shape index (κ1) is 26.1. The molecule has 0 saturated carbocycles. The van der Waals surface area contributed by atoms with E-state index in [9.17, 15) is 0 Å². The highest BCUT2D eigenvalue weighted by molar-refractivity contribution is 14.0. The van der Waals surface area contributed by atoms with E-state index in [1.165, 1.54) is 0 Å². The number of halogens is 1. The number of benzene rings is 1. The lowest BCUT2D eigenvalue weighted by Crippen LogP contribution is -2.46. The number of hydrogen-bond acceptors (Lipinski definition) is 6. The van der Waals surface area contributed by atoms with Crippen LogP contribution in [0, 0.1) is 0 Å². The molecule has 176 valence electrons. The minimum Gasteiger partial charge on any atom is -0.493 e. The summed E-state index contributed by atoms with van der Waals surface area (Å²) in [4.78, 5) is 11.2. The molecule has 0 aliphatic carbocycles. The molecule has 1 aliphatic heterocycles. The van der Waals surface area contributed by atoms with Crippen LogP contribution in [0.5, 0.6) is 11.5 Å². The topological polar surface area (TPSA) is 80.2 Å². The van der Waals surface area contributed by atoms with Crippen LogP contribution in [0.1, 0.15) is 17.3 Å². The summed E-state index contributed by atoms with van der Waals surface area (Å²) >= 11 is 0. The monoisotopic (exact) mass is 555 g/mol. The molecule has 0 amide bonds. The average Bonchev–Trinajstić information content (AvgIpc) is 2.84. The molecule has 8 nitrogen and oxygen atoms in total. The standard InChI is InChI=1S/C23H33N5O3.HI/c1-24-23(26-11-9-19-6-4-5-10-25-19)27-17-20(28-12-14-31-15-13-28)18-7-8-21(29-2)22(16-18)30-3;/h4-8,10,16,20H,9,11-15,17H2,1-3H3,(H2,24,26,27);1H. The van der Waals surface area contributed by atoms with Gasteiger partial charge in [0.25, 0.3) is 0 Å². The van der Waals surface area contributed by atoms with Gasteiger partial charge in [-0.15, -0.1) is 24.0 Å². The summed E-state index contributed by atoms with van der Waals surface area (Å²) in [5.74, 6) is 2.23. The number of aliphatic imine (C=N–C) groups is 1. The van der Waals surface area contributed by atoms with Crippen molar-refractivity contribution in [3.63, 3.8) is 0 Å². The Hall–Kier alpha value is -2.11. The molecule has 3 rings (SSSR count). The van der Waals surface area contributed by atoms with Gasteiger partial charge in [-0.05, 0) is 29.8 Å². The number of hydrogen-bond donors (Lipinski definition) is 2. The number of nitrogens with one attached hydrogen (secondary N) is 2. The van der Waals surface area contributed by atoms with E-state index < -0.39 is 0 Å². The molecule has 2 aromatic rings. The second-order valence-corrected chi connectivity index (χ2v) is 7.23. The van der Waals surface area contributed by atoms with Crippen LogP contribution in [0.2, 0.25) is 0 Å². The second kappa shape index (κ2) is 14.1. The number of methoxy groups -OCH3 is 2. The van der Waals surface area contributed by atoms with Gasteiger partial charge < -0.3 is 24.8 Å². The van der Waals surface area contributed by atoms with E-state index >= 15 is 0 Å². The molecular weight excluding hydrogens is 521 g/mol. The Morgan fingerprint density at radius 3 is 2.56 bits per heavy atom. The molecule has 1 aromatic heterocycles. The highest BCUT2D eigenvalue weighted by atomic mass is 127. The lowest BCUT2D eigenvalue weighted by atomic mass is 10.0. The van der Waals surface area contributed by atoms with Gasteiger partial charge in [-0.25, -0.2) is 0 Å². The number of ether oxygens (including phenoxy) is 3. The minimum atomic E-state index is 0. The van der Waals surface area contributed by atoms with Gasteiger partial charge in [-0.3, -0.25) is 14.9 Å². The Morgan fingerprint density at radius 2 is 1.91 bits per heavy atom. The van der Waals surface area contributed by atoms with E-state index in [1.54, 1.807) is 21.3 Å². The van der Waals surface area contributed by atoms with Crippen molar-refractivity contribution in [1.82, 2.24) is 20.5 Å². The molecule has 1 saturated heterocycles. The van der Waals surface area contributed by atoms with E-state index in [-0.39, 0.29) is 30.0 Å². The van der Waals surface area contributed by atoms with E-state index in [4.69, 9.17) is 14.2 Å². The molecule has 1 fully saturated rings. The van der Waals surface area contributed by atoms with Gasteiger partial charge in [-0.1, -0.05) is 12.1 Å². The molecule has 1 unspecified atom stereocenters. The van der Waals surface area contributed by atoms with Crippen molar-refractivity contribution in [2.24, 2.45) is 4.99 Å². The quantitative estimate of drug-likeness (QED) is 0.280. The van der Waals surface area contributed by atoms with Gasteiger partial charge in [0.15, 0.2) is 17.5 Å². The van der Waals surface area contributed by atoms with Crippen LogP contribution in [0.25, 0.3) is 0 Å². The fourth-order valence-electron chi connectivity index (χ4n) is 3.68. The first-order valence-electron chi connectivity index (χ1n) is 10.6. The lowest BCUT2D eigenvalue weighted by Gasteiger charge is -2.35. The first-order chi connectivity index (χ1) is 15.2. The number of guanidine groups is 1. The summed E-state index contributed by atoms with van der Waals surface area (Å²) in [5.41, 5.74) is 2.22. The van der Waals surface area contributed by atoms with E-state index in [1.807, 2.05) is 30.5 Å². The molecule has 0 bridgehead atoms. The number of pyridine rings is 1. The van der Waals surface area contributed by atoms with Crippen molar-refractivity contribution in [2.75, 3.05) is 60.7 Å². The molecule has 9 heteroatoms. The van der Waals surface area contributed by atoms with Crippen molar-refractivity contribution in [3.05, 3.63) is 53.9 Å². The zero-order chi connectivity index (χ0) is 21.9. The third-order valence-corrected chi connectivity index (χ3v) is 5.37. The smallest absolute Gasteiger partial charge is 0.191 e. The van der Waals surface area contributed by atoms with Crippen molar-refractivity contribution < 1.29 is 14.2 Å². The summed E-state index contributed by atoms with van der Waals surface area (Å²) in [5, 5.41) is 6.86. The Kier molecular flexibility index (Phi) is 11.5. The van der Waals surface area contributed by atoms with Crippen LogP contribution in [0.4, 0.5) is 0 Å². The summed E-state index contributed by atoms with van der Waals surface area (Å²) in [7, 11) is 5.10. The molecule has 1 aromatic carbocycles. The third kappa shape index (κ3) is 7.49. The summed E-state index contributed by atoms with van der Waals surface area (Å²) in [6.07, 6.45) is 2.66. The summed E-state index contributed by atoms with van der Waals surface area (Å²) in [6, 6.07) is 12.2. The highest BCUT2D eigenvalue weighted by Gasteiger charge is 2.24. The third-order valence-electron chi connectivity index (χ3n) is 5.37. The number of morpholine rings is 1. The van der Waals surface area contributed by atoms with E-state index in [2.05, 4.69) is 37.6 Å². The van der Waals surface area contributed by atoms with Gasteiger partial charge >= 0.3 is 0 Å². The normalized spacial score (nSPS) is 15.4. The molecule has 32 heavy (non-hydrogen) atoms. The Labute approximate surface area is 207 Å². The number of nitrogens with zero attached hydrogens (tertiary/aromatic N) is 3. The van der Waals surface area contributed by atoms with Gasteiger partial charge in [0.1, 0.15) is 0 Å². The molecule has 1 atom stereocenters. The van der Waals surface area contributed by atoms with Crippen LogP contribution in [0.3, 0.4) is 0 Å². The van der Waals surface area contributed by atoms with Crippen LogP contribution in [0.15, 0.2) is 47.6 Å². The fourth-order valence-corrected chi connectivity index (χ4v) is 3.68. The van der Waals surface area contributed by atoms with E-state index in [0.29, 0.717) is 6.54 Å². The van der Waals surface area contributed by atoms with Gasteiger partial charge in [-0.2, -0.15) is 0 Å². The maximum Gasteiger partial charge on any atom is 0.191 e.